The van der Waals surface area contributed by atoms with Crippen LogP contribution in [0.25, 0.3) is 0 Å². The SMILES string of the molecule is CCNC(c1ccc(CC)s1)c1ccccc1F. The summed E-state index contributed by atoms with van der Waals surface area (Å²) in [5, 5.41) is 3.36. The molecule has 1 unspecified atom stereocenters. The molecule has 1 atom stereocenters. The lowest BCUT2D eigenvalue weighted by molar-refractivity contribution is 0.563. The maximum Gasteiger partial charge on any atom is 0.128 e. The summed E-state index contributed by atoms with van der Waals surface area (Å²) < 4.78 is 13.9. The van der Waals surface area contributed by atoms with Crippen LogP contribution < -0.4 is 5.32 Å². The normalized spacial score (nSPS) is 12.6. The molecule has 18 heavy (non-hydrogen) atoms. The van der Waals surface area contributed by atoms with E-state index in [1.165, 1.54) is 15.8 Å². The van der Waals surface area contributed by atoms with Crippen molar-refractivity contribution in [1.82, 2.24) is 5.32 Å². The molecule has 1 aromatic carbocycles. The van der Waals surface area contributed by atoms with Crippen LogP contribution in [-0.2, 0) is 6.42 Å². The summed E-state index contributed by atoms with van der Waals surface area (Å²) in [4.78, 5) is 2.52. The highest BCUT2D eigenvalue weighted by molar-refractivity contribution is 7.12. The lowest BCUT2D eigenvalue weighted by Crippen LogP contribution is -2.22. The van der Waals surface area contributed by atoms with Crippen molar-refractivity contribution in [3.8, 4) is 0 Å². The molecule has 1 heterocycles. The Kier molecular flexibility index (Phi) is 4.50. The number of thiophene rings is 1. The molecule has 0 radical (unpaired) electrons. The van der Waals surface area contributed by atoms with Gasteiger partial charge in [-0.3, -0.25) is 0 Å². The highest BCUT2D eigenvalue weighted by Gasteiger charge is 2.18. The molecule has 0 fully saturated rings. The van der Waals surface area contributed by atoms with Crippen LogP contribution >= 0.6 is 11.3 Å². The van der Waals surface area contributed by atoms with Crippen LogP contribution in [0, 0.1) is 5.82 Å². The Labute approximate surface area is 112 Å². The van der Waals surface area contributed by atoms with E-state index in [9.17, 15) is 4.39 Å². The third-order valence-corrected chi connectivity index (χ3v) is 4.23. The Hall–Kier alpha value is -1.19. The van der Waals surface area contributed by atoms with Crippen molar-refractivity contribution in [3.63, 3.8) is 0 Å². The molecule has 0 saturated carbocycles. The van der Waals surface area contributed by atoms with E-state index in [0.717, 1.165) is 18.5 Å². The first kappa shape index (κ1) is 13.2. The molecule has 0 bridgehead atoms. The maximum atomic E-state index is 13.9. The average Bonchev–Trinajstić information content (AvgIpc) is 2.85. The predicted molar refractivity (Wildman–Crippen MR) is 75.6 cm³/mol. The predicted octanol–water partition coefficient (Wildman–Crippen LogP) is 4.15. The Morgan fingerprint density at radius 3 is 2.56 bits per heavy atom. The van der Waals surface area contributed by atoms with Gasteiger partial charge >= 0.3 is 0 Å². The number of hydrogen-bond acceptors (Lipinski definition) is 2. The van der Waals surface area contributed by atoms with Crippen LogP contribution in [0.3, 0.4) is 0 Å². The van der Waals surface area contributed by atoms with Crippen LogP contribution in [0.5, 0.6) is 0 Å². The molecule has 0 aliphatic rings. The second kappa shape index (κ2) is 6.12. The summed E-state index contributed by atoms with van der Waals surface area (Å²) in [6.07, 6.45) is 1.03. The van der Waals surface area contributed by atoms with Gasteiger partial charge in [-0.1, -0.05) is 32.0 Å². The van der Waals surface area contributed by atoms with Crippen LogP contribution in [-0.4, -0.2) is 6.54 Å². The van der Waals surface area contributed by atoms with E-state index in [4.69, 9.17) is 0 Å². The molecule has 2 rings (SSSR count). The Balaban J connectivity index is 2.36. The first-order valence-corrected chi connectivity index (χ1v) is 7.14. The maximum absolute atomic E-state index is 13.9. The zero-order valence-corrected chi connectivity index (χ0v) is 11.6. The fourth-order valence-electron chi connectivity index (χ4n) is 2.02. The van der Waals surface area contributed by atoms with E-state index in [-0.39, 0.29) is 11.9 Å². The summed E-state index contributed by atoms with van der Waals surface area (Å²) in [6.45, 7) is 5.00. The van der Waals surface area contributed by atoms with E-state index in [0.29, 0.717) is 0 Å². The van der Waals surface area contributed by atoms with Gasteiger partial charge in [0.25, 0.3) is 0 Å². The van der Waals surface area contributed by atoms with Crippen molar-refractivity contribution in [1.29, 1.82) is 0 Å². The molecule has 0 aliphatic carbocycles. The van der Waals surface area contributed by atoms with Crippen LogP contribution in [0.2, 0.25) is 0 Å². The van der Waals surface area contributed by atoms with Crippen LogP contribution in [0.15, 0.2) is 36.4 Å². The lowest BCUT2D eigenvalue weighted by atomic mass is 10.0. The van der Waals surface area contributed by atoms with Crippen LogP contribution in [0.1, 0.15) is 35.2 Å². The largest absolute Gasteiger partial charge is 0.306 e. The number of hydrogen-bond donors (Lipinski definition) is 1. The van der Waals surface area contributed by atoms with E-state index < -0.39 is 0 Å². The third-order valence-electron chi connectivity index (χ3n) is 2.94. The second-order valence-electron chi connectivity index (χ2n) is 4.17. The Morgan fingerprint density at radius 1 is 1.17 bits per heavy atom. The lowest BCUT2D eigenvalue weighted by Gasteiger charge is -2.17. The highest BCUT2D eigenvalue weighted by atomic mass is 32.1. The number of benzene rings is 1. The Bertz CT molecular complexity index is 507. The fourth-order valence-corrected chi connectivity index (χ4v) is 3.06. The average molecular weight is 263 g/mol. The summed E-state index contributed by atoms with van der Waals surface area (Å²) in [6, 6.07) is 11.2. The van der Waals surface area contributed by atoms with Crippen molar-refractivity contribution in [2.75, 3.05) is 6.54 Å². The smallest absolute Gasteiger partial charge is 0.128 e. The summed E-state index contributed by atoms with van der Waals surface area (Å²) in [5.74, 6) is -0.144. The van der Waals surface area contributed by atoms with E-state index in [1.807, 2.05) is 19.1 Å². The number of rotatable bonds is 5. The molecular weight excluding hydrogens is 245 g/mol. The first-order chi connectivity index (χ1) is 8.76. The molecule has 0 spiro atoms. The minimum Gasteiger partial charge on any atom is -0.306 e. The molecule has 1 aromatic heterocycles. The molecule has 96 valence electrons. The monoisotopic (exact) mass is 263 g/mol. The van der Waals surface area contributed by atoms with Crippen LogP contribution in [0.4, 0.5) is 4.39 Å². The fraction of sp³-hybridized carbons (Fsp3) is 0.333. The van der Waals surface area contributed by atoms with Gasteiger partial charge in [0.15, 0.2) is 0 Å². The summed E-state index contributed by atoms with van der Waals surface area (Å²) >= 11 is 1.76. The van der Waals surface area contributed by atoms with Crippen molar-refractivity contribution < 1.29 is 4.39 Å². The highest BCUT2D eigenvalue weighted by Crippen LogP contribution is 2.30. The van der Waals surface area contributed by atoms with Gasteiger partial charge in [0.05, 0.1) is 6.04 Å². The standard InChI is InChI=1S/C15H18FNS/c1-3-11-9-10-14(18-11)15(17-4-2)12-7-5-6-8-13(12)16/h5-10,15,17H,3-4H2,1-2H3. The molecular formula is C15H18FNS. The zero-order chi connectivity index (χ0) is 13.0. The van der Waals surface area contributed by atoms with Gasteiger partial charge in [-0.2, -0.15) is 0 Å². The third kappa shape index (κ3) is 2.79. The van der Waals surface area contributed by atoms with Crippen molar-refractivity contribution >= 4 is 11.3 Å². The van der Waals surface area contributed by atoms with Crippen molar-refractivity contribution in [2.45, 2.75) is 26.3 Å². The second-order valence-corrected chi connectivity index (χ2v) is 5.37. The van der Waals surface area contributed by atoms with Gasteiger partial charge < -0.3 is 5.32 Å². The minimum absolute atomic E-state index is 0.0403. The van der Waals surface area contributed by atoms with Gasteiger partial charge in [-0.15, -0.1) is 11.3 Å². The van der Waals surface area contributed by atoms with E-state index in [2.05, 4.69) is 24.4 Å². The van der Waals surface area contributed by atoms with Gasteiger partial charge in [0.1, 0.15) is 5.82 Å². The number of aryl methyl sites for hydroxylation is 1. The topological polar surface area (TPSA) is 12.0 Å². The molecule has 2 aromatic rings. The summed E-state index contributed by atoms with van der Waals surface area (Å²) in [5.41, 5.74) is 0.726. The minimum atomic E-state index is -0.144. The van der Waals surface area contributed by atoms with Gasteiger partial charge in [0.2, 0.25) is 0 Å². The molecule has 0 aliphatic heterocycles. The van der Waals surface area contributed by atoms with E-state index in [1.54, 1.807) is 17.4 Å². The van der Waals surface area contributed by atoms with Gasteiger partial charge in [-0.25, -0.2) is 4.39 Å². The van der Waals surface area contributed by atoms with Gasteiger partial charge in [-0.05, 0) is 31.2 Å². The van der Waals surface area contributed by atoms with Crippen molar-refractivity contribution in [3.05, 3.63) is 57.5 Å². The first-order valence-electron chi connectivity index (χ1n) is 6.32. The molecule has 0 amide bonds. The Morgan fingerprint density at radius 2 is 1.94 bits per heavy atom. The zero-order valence-electron chi connectivity index (χ0n) is 10.7. The van der Waals surface area contributed by atoms with E-state index >= 15 is 0 Å². The summed E-state index contributed by atoms with van der Waals surface area (Å²) in [7, 11) is 0. The number of halogens is 1. The van der Waals surface area contributed by atoms with Crippen molar-refractivity contribution in [2.24, 2.45) is 0 Å². The molecule has 1 nitrogen and oxygen atoms in total. The quantitative estimate of drug-likeness (QED) is 0.854. The number of nitrogens with one attached hydrogen (secondary N) is 1. The molecule has 1 N–H and O–H groups in total. The van der Waals surface area contributed by atoms with Gasteiger partial charge in [0, 0.05) is 15.3 Å². The molecule has 0 saturated heterocycles. The molecule has 3 heteroatoms.